The molecule has 1 aromatic carbocycles. The summed E-state index contributed by atoms with van der Waals surface area (Å²) in [5.41, 5.74) is -1.79. The van der Waals surface area contributed by atoms with Gasteiger partial charge in [-0.05, 0) is 32.9 Å². The van der Waals surface area contributed by atoms with Crippen LogP contribution in [0.2, 0.25) is 0 Å². The zero-order chi connectivity index (χ0) is 13.2. The summed E-state index contributed by atoms with van der Waals surface area (Å²) in [6.45, 7) is 4.82. The Balaban J connectivity index is 3.18. The Morgan fingerprint density at radius 3 is 2.35 bits per heavy atom. The van der Waals surface area contributed by atoms with Crippen LogP contribution in [0.4, 0.5) is 13.2 Å². The van der Waals surface area contributed by atoms with Gasteiger partial charge in [0.15, 0.2) is 23.2 Å². The molecule has 0 unspecified atom stereocenters. The molecule has 1 aromatic rings. The van der Waals surface area contributed by atoms with E-state index in [0.29, 0.717) is 6.07 Å². The first-order chi connectivity index (χ1) is 7.81. The number of hydrogen-bond donors (Lipinski definition) is 0. The highest BCUT2D eigenvalue weighted by Crippen LogP contribution is 2.22. The summed E-state index contributed by atoms with van der Waals surface area (Å²) < 4.78 is 44.2. The zero-order valence-corrected chi connectivity index (χ0v) is 9.81. The molecular formula is C12H13F3O2. The lowest BCUT2D eigenvalue weighted by Crippen LogP contribution is -2.35. The van der Waals surface area contributed by atoms with Crippen LogP contribution in [-0.4, -0.2) is 18.0 Å². The van der Waals surface area contributed by atoms with Gasteiger partial charge >= 0.3 is 0 Å². The number of hydrogen-bond acceptors (Lipinski definition) is 2. The number of Topliss-reactive ketones (excluding diaryl/α,β-unsaturated/α-hetero) is 1. The van der Waals surface area contributed by atoms with Gasteiger partial charge < -0.3 is 4.74 Å². The van der Waals surface area contributed by atoms with Crippen LogP contribution in [0.3, 0.4) is 0 Å². The van der Waals surface area contributed by atoms with E-state index >= 15 is 0 Å². The summed E-state index contributed by atoms with van der Waals surface area (Å²) in [6, 6.07) is 1.63. The third kappa shape index (κ3) is 2.66. The number of halogens is 3. The second-order valence-corrected chi connectivity index (χ2v) is 4.00. The van der Waals surface area contributed by atoms with Gasteiger partial charge in [0.25, 0.3) is 0 Å². The fourth-order valence-electron chi connectivity index (χ4n) is 1.45. The van der Waals surface area contributed by atoms with Gasteiger partial charge in [-0.2, -0.15) is 0 Å². The van der Waals surface area contributed by atoms with Crippen molar-refractivity contribution in [3.63, 3.8) is 0 Å². The minimum Gasteiger partial charge on any atom is -0.368 e. The van der Waals surface area contributed by atoms with Crippen molar-refractivity contribution >= 4 is 5.78 Å². The van der Waals surface area contributed by atoms with Crippen LogP contribution >= 0.6 is 0 Å². The van der Waals surface area contributed by atoms with Crippen LogP contribution < -0.4 is 0 Å². The van der Waals surface area contributed by atoms with E-state index in [1.54, 1.807) is 6.92 Å². The molecular weight excluding hydrogens is 233 g/mol. The van der Waals surface area contributed by atoms with E-state index in [9.17, 15) is 18.0 Å². The molecule has 17 heavy (non-hydrogen) atoms. The van der Waals surface area contributed by atoms with E-state index in [-0.39, 0.29) is 6.61 Å². The van der Waals surface area contributed by atoms with Gasteiger partial charge in [0.2, 0.25) is 0 Å². The maximum absolute atomic E-state index is 13.4. The fraction of sp³-hybridized carbons (Fsp3) is 0.417. The number of ketones is 1. The normalized spacial score (nSPS) is 11.6. The van der Waals surface area contributed by atoms with Gasteiger partial charge in [0.1, 0.15) is 5.60 Å². The standard InChI is InChI=1S/C12H13F3O2/c1-4-17-12(2,3)11(16)7-5-6-8(13)10(15)9(7)14/h5-6H,4H2,1-3H3. The fourth-order valence-corrected chi connectivity index (χ4v) is 1.45. The maximum Gasteiger partial charge on any atom is 0.197 e. The highest BCUT2D eigenvalue weighted by molar-refractivity contribution is 6.02. The summed E-state index contributed by atoms with van der Waals surface area (Å²) in [5.74, 6) is -5.19. The van der Waals surface area contributed by atoms with Crippen molar-refractivity contribution in [3.8, 4) is 0 Å². The average Bonchev–Trinajstić information content (AvgIpc) is 2.25. The lowest BCUT2D eigenvalue weighted by Gasteiger charge is -2.23. The maximum atomic E-state index is 13.4. The second kappa shape index (κ2) is 4.87. The highest BCUT2D eigenvalue weighted by atomic mass is 19.2. The third-order valence-corrected chi connectivity index (χ3v) is 2.33. The van der Waals surface area contributed by atoms with Crippen LogP contribution in [0.25, 0.3) is 0 Å². The lowest BCUT2D eigenvalue weighted by atomic mass is 9.96. The molecule has 0 aliphatic heterocycles. The molecule has 0 bridgehead atoms. The van der Waals surface area contributed by atoms with Gasteiger partial charge in [-0.15, -0.1) is 0 Å². The molecule has 0 fully saturated rings. The Kier molecular flexibility index (Phi) is 3.93. The molecule has 0 radical (unpaired) electrons. The number of benzene rings is 1. The van der Waals surface area contributed by atoms with E-state index in [1.807, 2.05) is 0 Å². The Labute approximate surface area is 97.4 Å². The average molecular weight is 246 g/mol. The largest absolute Gasteiger partial charge is 0.368 e. The molecule has 0 heterocycles. The van der Waals surface area contributed by atoms with Crippen LogP contribution in [0.5, 0.6) is 0 Å². The molecule has 0 saturated heterocycles. The predicted octanol–water partition coefficient (Wildman–Crippen LogP) is 3.10. The van der Waals surface area contributed by atoms with E-state index < -0.39 is 34.4 Å². The minimum absolute atomic E-state index is 0.254. The molecule has 5 heteroatoms. The molecule has 0 aliphatic carbocycles. The van der Waals surface area contributed by atoms with Gasteiger partial charge in [-0.3, -0.25) is 4.79 Å². The van der Waals surface area contributed by atoms with Crippen LogP contribution in [0, 0.1) is 17.5 Å². The van der Waals surface area contributed by atoms with Crippen molar-refractivity contribution in [1.29, 1.82) is 0 Å². The number of ether oxygens (including phenoxy) is 1. The summed E-state index contributed by atoms with van der Waals surface area (Å²) in [4.78, 5) is 11.9. The smallest absolute Gasteiger partial charge is 0.197 e. The summed E-state index contributed by atoms with van der Waals surface area (Å²) in [6.07, 6.45) is 0. The first-order valence-corrected chi connectivity index (χ1v) is 5.13. The first kappa shape index (κ1) is 13.7. The van der Waals surface area contributed by atoms with E-state index in [4.69, 9.17) is 4.74 Å². The van der Waals surface area contributed by atoms with Crippen LogP contribution in [0.15, 0.2) is 12.1 Å². The Morgan fingerprint density at radius 2 is 1.82 bits per heavy atom. The molecule has 0 amide bonds. The monoisotopic (exact) mass is 246 g/mol. The molecule has 0 spiro atoms. The molecule has 0 N–H and O–H groups in total. The molecule has 0 aliphatic rings. The topological polar surface area (TPSA) is 26.3 Å². The van der Waals surface area contributed by atoms with Crippen molar-refractivity contribution in [2.45, 2.75) is 26.4 Å². The highest BCUT2D eigenvalue weighted by Gasteiger charge is 2.32. The van der Waals surface area contributed by atoms with E-state index in [2.05, 4.69) is 0 Å². The van der Waals surface area contributed by atoms with Crippen molar-refractivity contribution in [2.24, 2.45) is 0 Å². The second-order valence-electron chi connectivity index (χ2n) is 4.00. The Bertz CT molecular complexity index is 442. The minimum atomic E-state index is -1.65. The summed E-state index contributed by atoms with van der Waals surface area (Å²) in [5, 5.41) is 0. The zero-order valence-electron chi connectivity index (χ0n) is 9.81. The van der Waals surface area contributed by atoms with Gasteiger partial charge in [0.05, 0.1) is 5.56 Å². The number of carbonyl (C=O) groups is 1. The molecule has 0 saturated carbocycles. The van der Waals surface area contributed by atoms with Crippen molar-refractivity contribution < 1.29 is 22.7 Å². The molecule has 0 aromatic heterocycles. The van der Waals surface area contributed by atoms with Gasteiger partial charge in [-0.1, -0.05) is 0 Å². The lowest BCUT2D eigenvalue weighted by molar-refractivity contribution is 0.000885. The summed E-state index contributed by atoms with van der Waals surface area (Å²) >= 11 is 0. The van der Waals surface area contributed by atoms with Crippen LogP contribution in [-0.2, 0) is 4.74 Å². The Morgan fingerprint density at radius 1 is 1.24 bits per heavy atom. The molecule has 94 valence electrons. The van der Waals surface area contributed by atoms with Crippen LogP contribution in [0.1, 0.15) is 31.1 Å². The Hall–Kier alpha value is -1.36. The SMILES string of the molecule is CCOC(C)(C)C(=O)c1ccc(F)c(F)c1F. The van der Waals surface area contributed by atoms with Crippen molar-refractivity contribution in [3.05, 3.63) is 35.1 Å². The van der Waals surface area contributed by atoms with E-state index in [0.717, 1.165) is 6.07 Å². The number of carbonyl (C=O) groups excluding carboxylic acids is 1. The molecule has 0 atom stereocenters. The third-order valence-electron chi connectivity index (χ3n) is 2.33. The molecule has 1 rings (SSSR count). The van der Waals surface area contributed by atoms with Gasteiger partial charge in [0, 0.05) is 6.61 Å². The van der Waals surface area contributed by atoms with E-state index in [1.165, 1.54) is 13.8 Å². The van der Waals surface area contributed by atoms with Gasteiger partial charge in [-0.25, -0.2) is 13.2 Å². The molecule has 2 nitrogen and oxygen atoms in total. The number of rotatable bonds is 4. The predicted molar refractivity (Wildman–Crippen MR) is 56.4 cm³/mol. The summed E-state index contributed by atoms with van der Waals surface area (Å²) in [7, 11) is 0. The first-order valence-electron chi connectivity index (χ1n) is 5.13. The van der Waals surface area contributed by atoms with Crippen molar-refractivity contribution in [2.75, 3.05) is 6.61 Å². The van der Waals surface area contributed by atoms with Crippen molar-refractivity contribution in [1.82, 2.24) is 0 Å². The quantitative estimate of drug-likeness (QED) is 0.602.